The maximum Gasteiger partial charge on any atom is 0.290 e. The first-order valence-electron chi connectivity index (χ1n) is 10.6. The van der Waals surface area contributed by atoms with Crippen molar-refractivity contribution in [2.24, 2.45) is 12.5 Å². The lowest BCUT2D eigenvalue weighted by Gasteiger charge is -2.53. The van der Waals surface area contributed by atoms with Gasteiger partial charge in [-0.15, -0.1) is 0 Å². The van der Waals surface area contributed by atoms with Crippen LogP contribution in [-0.4, -0.2) is 80.7 Å². The molecule has 4 rings (SSSR count). The molecule has 0 bridgehead atoms. The van der Waals surface area contributed by atoms with Gasteiger partial charge in [-0.2, -0.15) is 5.10 Å². The first-order valence-corrected chi connectivity index (χ1v) is 10.6. The monoisotopic (exact) mass is 442 g/mol. The predicted molar refractivity (Wildman–Crippen MR) is 117 cm³/mol. The zero-order valence-corrected chi connectivity index (χ0v) is 18.5. The molecular weight excluding hydrogens is 412 g/mol. The van der Waals surface area contributed by atoms with Gasteiger partial charge in [0.1, 0.15) is 0 Å². The quantitative estimate of drug-likeness (QED) is 0.671. The Morgan fingerprint density at radius 3 is 2.72 bits per heavy atom. The summed E-state index contributed by atoms with van der Waals surface area (Å²) in [4.78, 5) is 43.2. The molecule has 0 radical (unpaired) electrons. The largest absolute Gasteiger partial charge is 0.483 e. The second-order valence-electron chi connectivity index (χ2n) is 8.34. The van der Waals surface area contributed by atoms with Crippen LogP contribution < -0.4 is 5.32 Å². The average Bonchev–Trinajstić information content (AvgIpc) is 3.22. The lowest BCUT2D eigenvalue weighted by Crippen LogP contribution is -2.66. The van der Waals surface area contributed by atoms with Gasteiger partial charge >= 0.3 is 0 Å². The molecule has 4 heterocycles. The van der Waals surface area contributed by atoms with E-state index in [4.69, 9.17) is 9.90 Å². The van der Waals surface area contributed by atoms with Gasteiger partial charge in [-0.3, -0.25) is 24.0 Å². The van der Waals surface area contributed by atoms with Crippen LogP contribution in [0.15, 0.2) is 36.9 Å². The van der Waals surface area contributed by atoms with Gasteiger partial charge in [0.05, 0.1) is 23.2 Å². The number of carbonyl (C=O) groups excluding carboxylic acids is 2. The van der Waals surface area contributed by atoms with Gasteiger partial charge in [0.15, 0.2) is 0 Å². The lowest BCUT2D eigenvalue weighted by molar-refractivity contribution is -0.142. The Balaban J connectivity index is 0.000000913. The third-order valence-corrected chi connectivity index (χ3v) is 6.29. The molecule has 2 aliphatic heterocycles. The van der Waals surface area contributed by atoms with Crippen LogP contribution >= 0.6 is 0 Å². The van der Waals surface area contributed by atoms with Gasteiger partial charge in [-0.1, -0.05) is 0 Å². The van der Waals surface area contributed by atoms with E-state index in [1.807, 2.05) is 18.1 Å². The fraction of sp³-hybridized carbons (Fsp3) is 0.500. The number of piperidine rings is 2. The van der Waals surface area contributed by atoms with Crippen LogP contribution in [0.2, 0.25) is 0 Å². The number of nitrogens with one attached hydrogen (secondary N) is 1. The summed E-state index contributed by atoms with van der Waals surface area (Å²) in [7, 11) is 3.92. The molecule has 32 heavy (non-hydrogen) atoms. The van der Waals surface area contributed by atoms with E-state index in [0.29, 0.717) is 25.2 Å². The highest BCUT2D eigenvalue weighted by Gasteiger charge is 2.53. The Morgan fingerprint density at radius 1 is 1.28 bits per heavy atom. The summed E-state index contributed by atoms with van der Waals surface area (Å²) in [6.07, 6.45) is 9.33. The van der Waals surface area contributed by atoms with Crippen molar-refractivity contribution in [3.63, 3.8) is 0 Å². The summed E-state index contributed by atoms with van der Waals surface area (Å²) in [6, 6.07) is 3.43. The van der Waals surface area contributed by atoms with Crippen molar-refractivity contribution >= 4 is 18.3 Å². The third kappa shape index (κ3) is 4.96. The number of hydrogen-bond donors (Lipinski definition) is 2. The number of carboxylic acid groups (broad SMARTS) is 1. The topological polar surface area (TPSA) is 121 Å². The van der Waals surface area contributed by atoms with Gasteiger partial charge in [0, 0.05) is 50.8 Å². The number of pyridine rings is 1. The molecule has 0 unspecified atom stereocenters. The van der Waals surface area contributed by atoms with Crippen LogP contribution in [0.5, 0.6) is 0 Å². The minimum Gasteiger partial charge on any atom is -0.483 e. The summed E-state index contributed by atoms with van der Waals surface area (Å²) >= 11 is 0. The first-order chi connectivity index (χ1) is 15.4. The molecule has 10 heteroatoms. The molecule has 0 spiro atoms. The zero-order valence-electron chi connectivity index (χ0n) is 18.5. The van der Waals surface area contributed by atoms with Crippen LogP contribution in [-0.2, 0) is 23.2 Å². The van der Waals surface area contributed by atoms with Crippen molar-refractivity contribution in [3.05, 3.63) is 48.0 Å². The van der Waals surface area contributed by atoms with E-state index >= 15 is 0 Å². The molecule has 2 saturated heterocycles. The van der Waals surface area contributed by atoms with Crippen molar-refractivity contribution in [1.82, 2.24) is 29.9 Å². The van der Waals surface area contributed by atoms with E-state index in [9.17, 15) is 9.59 Å². The minimum atomic E-state index is -0.551. The van der Waals surface area contributed by atoms with Gasteiger partial charge in [-0.25, -0.2) is 0 Å². The summed E-state index contributed by atoms with van der Waals surface area (Å²) in [6.45, 7) is 2.43. The summed E-state index contributed by atoms with van der Waals surface area (Å²) in [5.41, 5.74) is 0.998. The Bertz CT molecular complexity index is 934. The van der Waals surface area contributed by atoms with Crippen LogP contribution in [0.25, 0.3) is 0 Å². The normalized spacial score (nSPS) is 22.8. The maximum absolute atomic E-state index is 13.4. The molecule has 2 fully saturated rings. The number of likely N-dealkylation sites (N-methyl/N-ethyl adjacent to an activating group) is 1. The SMILES string of the molecule is CN1CC[C@]2(C(=O)NCc3cnn(C)c3)CCCN(C(=O)c3cccnc3)[C@H]2C1.O=CO. The van der Waals surface area contributed by atoms with Crippen LogP contribution in [0, 0.1) is 5.41 Å². The number of aryl methyl sites for hydroxylation is 1. The number of likely N-dealkylation sites (tertiary alicyclic amines) is 2. The number of nitrogens with zero attached hydrogens (tertiary/aromatic N) is 5. The maximum atomic E-state index is 13.4. The Labute approximate surface area is 187 Å². The summed E-state index contributed by atoms with van der Waals surface area (Å²) in [5, 5.41) is 14.2. The van der Waals surface area contributed by atoms with Crippen LogP contribution in [0.1, 0.15) is 35.2 Å². The van der Waals surface area contributed by atoms with E-state index in [1.54, 1.807) is 35.4 Å². The molecule has 2 atom stereocenters. The first kappa shape index (κ1) is 23.4. The van der Waals surface area contributed by atoms with E-state index in [2.05, 4.69) is 27.3 Å². The predicted octanol–water partition coefficient (Wildman–Crippen LogP) is 0.759. The Morgan fingerprint density at radius 2 is 2.06 bits per heavy atom. The highest BCUT2D eigenvalue weighted by atomic mass is 16.3. The molecule has 2 amide bonds. The van der Waals surface area contributed by atoms with E-state index in [-0.39, 0.29) is 24.3 Å². The number of amides is 2. The second kappa shape index (κ2) is 10.4. The third-order valence-electron chi connectivity index (χ3n) is 6.29. The van der Waals surface area contributed by atoms with E-state index < -0.39 is 5.41 Å². The number of carbonyl (C=O) groups is 3. The minimum absolute atomic E-state index is 0.0393. The summed E-state index contributed by atoms with van der Waals surface area (Å²) < 4.78 is 1.73. The molecule has 10 nitrogen and oxygen atoms in total. The van der Waals surface area contributed by atoms with Crippen molar-refractivity contribution in [2.45, 2.75) is 31.8 Å². The van der Waals surface area contributed by atoms with Crippen molar-refractivity contribution < 1.29 is 19.5 Å². The molecule has 2 aromatic heterocycles. The molecule has 172 valence electrons. The fourth-order valence-corrected chi connectivity index (χ4v) is 4.73. The molecule has 0 aliphatic carbocycles. The van der Waals surface area contributed by atoms with Crippen molar-refractivity contribution in [2.75, 3.05) is 26.7 Å². The van der Waals surface area contributed by atoms with Gasteiger partial charge in [0.25, 0.3) is 12.4 Å². The van der Waals surface area contributed by atoms with Crippen molar-refractivity contribution in [3.8, 4) is 0 Å². The highest BCUT2D eigenvalue weighted by Crippen LogP contribution is 2.43. The van der Waals surface area contributed by atoms with Gasteiger partial charge in [-0.05, 0) is 45.0 Å². The van der Waals surface area contributed by atoms with E-state index in [0.717, 1.165) is 31.4 Å². The second-order valence-corrected chi connectivity index (χ2v) is 8.34. The van der Waals surface area contributed by atoms with E-state index in [1.165, 1.54) is 0 Å². The van der Waals surface area contributed by atoms with Gasteiger partial charge in [0.2, 0.25) is 5.91 Å². The number of fused-ring (bicyclic) bond motifs is 1. The Hall–Kier alpha value is -3.27. The Kier molecular flexibility index (Phi) is 7.57. The summed E-state index contributed by atoms with van der Waals surface area (Å²) in [5.74, 6) is 0.00525. The number of aromatic nitrogens is 3. The van der Waals surface area contributed by atoms with Crippen LogP contribution in [0.4, 0.5) is 0 Å². The molecule has 2 N–H and O–H groups in total. The highest BCUT2D eigenvalue weighted by molar-refractivity contribution is 5.95. The molecule has 0 aromatic carbocycles. The lowest BCUT2D eigenvalue weighted by atomic mass is 9.67. The zero-order chi connectivity index (χ0) is 23.1. The standard InChI is InChI=1S/C21H28N6O2.CH2O2/c1-25-10-7-21(20(29)23-11-16-12-24-26(2)14-16)6-4-9-27(18(21)15-25)19(28)17-5-3-8-22-13-17;2-1-3/h3,5,8,12-14,18H,4,6-7,9-11,15H2,1-2H3,(H,23,29);1H,(H,2,3)/t18-,21+;/m0./s1. The van der Waals surface area contributed by atoms with Crippen molar-refractivity contribution in [1.29, 1.82) is 0 Å². The number of hydrogen-bond acceptors (Lipinski definition) is 6. The van der Waals surface area contributed by atoms with Gasteiger partial charge < -0.3 is 20.2 Å². The molecular formula is C22H30N6O4. The fourth-order valence-electron chi connectivity index (χ4n) is 4.73. The molecule has 2 aliphatic rings. The average molecular weight is 443 g/mol. The molecule has 2 aromatic rings. The van der Waals surface area contributed by atoms with Crippen LogP contribution in [0.3, 0.4) is 0 Å². The smallest absolute Gasteiger partial charge is 0.290 e. The number of rotatable bonds is 4. The molecule has 0 saturated carbocycles.